The maximum atomic E-state index is 12.0. The first-order chi connectivity index (χ1) is 10.3. The number of benzene rings is 1. The summed E-state index contributed by atoms with van der Waals surface area (Å²) in [7, 11) is 0. The zero-order chi connectivity index (χ0) is 14.7. The van der Waals surface area contributed by atoms with Crippen LogP contribution >= 0.6 is 11.8 Å². The highest BCUT2D eigenvalue weighted by molar-refractivity contribution is 7.98. The number of nitrogen functional groups attached to an aromatic ring is 1. The molecule has 0 bridgehead atoms. The van der Waals surface area contributed by atoms with Gasteiger partial charge >= 0.3 is 0 Å². The Morgan fingerprint density at radius 1 is 1.33 bits per heavy atom. The van der Waals surface area contributed by atoms with Crippen LogP contribution in [0.5, 0.6) is 0 Å². The van der Waals surface area contributed by atoms with Gasteiger partial charge in [-0.15, -0.1) is 0 Å². The third-order valence-corrected chi connectivity index (χ3v) is 3.88. The van der Waals surface area contributed by atoms with Crippen molar-refractivity contribution in [2.45, 2.75) is 10.8 Å². The van der Waals surface area contributed by atoms with Crippen molar-refractivity contribution in [1.29, 1.82) is 0 Å². The van der Waals surface area contributed by atoms with Crippen molar-refractivity contribution in [2.75, 3.05) is 0 Å². The highest BCUT2D eigenvalue weighted by atomic mass is 32.2. The Bertz CT molecular complexity index is 773. The molecule has 0 saturated heterocycles. The van der Waals surface area contributed by atoms with E-state index in [1.54, 1.807) is 12.3 Å². The van der Waals surface area contributed by atoms with E-state index < -0.39 is 0 Å². The van der Waals surface area contributed by atoms with Crippen LogP contribution in [-0.2, 0) is 5.75 Å². The number of para-hydroxylation sites is 1. The Morgan fingerprint density at radius 2 is 2.19 bits per heavy atom. The Morgan fingerprint density at radius 3 is 2.95 bits per heavy atom. The molecule has 0 saturated carbocycles. The van der Waals surface area contributed by atoms with Crippen LogP contribution in [0.15, 0.2) is 52.3 Å². The lowest BCUT2D eigenvalue weighted by molar-refractivity contribution is 0.0953. The molecule has 0 aliphatic carbocycles. The Labute approximate surface area is 124 Å². The average Bonchev–Trinajstić information content (AvgIpc) is 2.91. The summed E-state index contributed by atoms with van der Waals surface area (Å²) >= 11 is 1.47. The van der Waals surface area contributed by atoms with Gasteiger partial charge in [0.25, 0.3) is 5.91 Å². The molecule has 6 nitrogen and oxygen atoms in total. The zero-order valence-corrected chi connectivity index (χ0v) is 11.8. The van der Waals surface area contributed by atoms with Crippen LogP contribution in [0.1, 0.15) is 16.1 Å². The minimum atomic E-state index is -0.363. The predicted molar refractivity (Wildman–Crippen MR) is 79.5 cm³/mol. The van der Waals surface area contributed by atoms with Crippen molar-refractivity contribution < 1.29 is 9.21 Å². The van der Waals surface area contributed by atoms with Gasteiger partial charge in [-0.05, 0) is 12.1 Å². The van der Waals surface area contributed by atoms with Gasteiger partial charge in [0.05, 0.1) is 16.3 Å². The van der Waals surface area contributed by atoms with Crippen LogP contribution in [0.2, 0.25) is 0 Å². The number of fused-ring (bicyclic) bond motifs is 1. The Hall–Kier alpha value is -2.38. The Balaban J connectivity index is 1.95. The number of hydrazine groups is 1. The molecule has 0 aliphatic rings. The fourth-order valence-electron chi connectivity index (χ4n) is 2.02. The van der Waals surface area contributed by atoms with E-state index >= 15 is 0 Å². The molecular weight excluding hydrogens is 288 g/mol. The molecule has 3 rings (SSSR count). The first-order valence-electron chi connectivity index (χ1n) is 6.19. The lowest BCUT2D eigenvalue weighted by Gasteiger charge is -2.01. The van der Waals surface area contributed by atoms with Crippen molar-refractivity contribution in [2.24, 2.45) is 5.84 Å². The van der Waals surface area contributed by atoms with Crippen molar-refractivity contribution in [3.63, 3.8) is 0 Å². The van der Waals surface area contributed by atoms with E-state index in [1.807, 2.05) is 24.3 Å². The number of aromatic nitrogens is 2. The van der Waals surface area contributed by atoms with Crippen LogP contribution in [0.25, 0.3) is 11.0 Å². The number of thioether (sulfide) groups is 1. The lowest BCUT2D eigenvalue weighted by Crippen LogP contribution is -2.30. The van der Waals surface area contributed by atoms with E-state index in [1.165, 1.54) is 18.1 Å². The number of nitrogens with one attached hydrogen (secondary N) is 1. The highest BCUT2D eigenvalue weighted by Crippen LogP contribution is 2.30. The van der Waals surface area contributed by atoms with Crippen molar-refractivity contribution in [3.8, 4) is 0 Å². The van der Waals surface area contributed by atoms with Crippen LogP contribution < -0.4 is 11.3 Å². The summed E-state index contributed by atoms with van der Waals surface area (Å²) in [6.07, 6.45) is 3.15. The van der Waals surface area contributed by atoms with Gasteiger partial charge in [0.2, 0.25) is 0 Å². The molecule has 106 valence electrons. The van der Waals surface area contributed by atoms with Crippen LogP contribution in [0, 0.1) is 0 Å². The molecule has 3 aromatic rings. The zero-order valence-electron chi connectivity index (χ0n) is 10.9. The molecule has 0 spiro atoms. The maximum Gasteiger partial charge on any atom is 0.269 e. The van der Waals surface area contributed by atoms with E-state index in [2.05, 4.69) is 15.4 Å². The van der Waals surface area contributed by atoms with Gasteiger partial charge in [-0.2, -0.15) is 0 Å². The largest absolute Gasteiger partial charge is 0.459 e. The van der Waals surface area contributed by atoms with Gasteiger partial charge in [0.15, 0.2) is 0 Å². The molecular formula is C14H12N4O2S. The van der Waals surface area contributed by atoms with E-state index in [-0.39, 0.29) is 5.91 Å². The second kappa shape index (κ2) is 5.94. The van der Waals surface area contributed by atoms with Crippen molar-refractivity contribution in [1.82, 2.24) is 15.4 Å². The monoisotopic (exact) mass is 300 g/mol. The summed E-state index contributed by atoms with van der Waals surface area (Å²) in [5, 5.41) is 1.56. The SMILES string of the molecule is NNC(=O)c1c(CSc2ccncn2)oc2ccccc12. The topological polar surface area (TPSA) is 94.0 Å². The third-order valence-electron chi connectivity index (χ3n) is 2.93. The quantitative estimate of drug-likeness (QED) is 0.252. The molecule has 0 aliphatic heterocycles. The molecule has 0 radical (unpaired) electrons. The first-order valence-corrected chi connectivity index (χ1v) is 7.18. The van der Waals surface area contributed by atoms with E-state index in [4.69, 9.17) is 10.3 Å². The molecule has 1 aromatic carbocycles. The fourth-order valence-corrected chi connectivity index (χ4v) is 2.78. The molecule has 0 atom stereocenters. The third kappa shape index (κ3) is 2.74. The first kappa shape index (κ1) is 13.6. The van der Waals surface area contributed by atoms with Gasteiger partial charge in [0, 0.05) is 11.6 Å². The van der Waals surface area contributed by atoms with E-state index in [0.29, 0.717) is 22.7 Å². The highest BCUT2D eigenvalue weighted by Gasteiger charge is 2.20. The number of nitrogens with zero attached hydrogens (tertiary/aromatic N) is 2. The summed E-state index contributed by atoms with van der Waals surface area (Å²) in [6.45, 7) is 0. The number of carbonyl (C=O) groups is 1. The summed E-state index contributed by atoms with van der Waals surface area (Å²) in [4.78, 5) is 20.0. The van der Waals surface area contributed by atoms with E-state index in [0.717, 1.165) is 10.4 Å². The summed E-state index contributed by atoms with van der Waals surface area (Å²) in [5.41, 5.74) is 3.29. The number of hydrogen-bond donors (Lipinski definition) is 2. The van der Waals surface area contributed by atoms with Gasteiger partial charge in [-0.1, -0.05) is 30.0 Å². The molecule has 0 unspecified atom stereocenters. The summed E-state index contributed by atoms with van der Waals surface area (Å²) in [6, 6.07) is 9.17. The smallest absolute Gasteiger partial charge is 0.269 e. The van der Waals surface area contributed by atoms with Crippen LogP contribution in [0.4, 0.5) is 0 Å². The van der Waals surface area contributed by atoms with Gasteiger partial charge < -0.3 is 4.42 Å². The van der Waals surface area contributed by atoms with Crippen LogP contribution in [0.3, 0.4) is 0 Å². The standard InChI is InChI=1S/C14H12N4O2S/c15-18-14(19)13-9-3-1-2-4-10(9)20-11(13)7-21-12-5-6-16-8-17-12/h1-6,8H,7,15H2,(H,18,19). The molecule has 21 heavy (non-hydrogen) atoms. The fraction of sp³-hybridized carbons (Fsp3) is 0.0714. The van der Waals surface area contributed by atoms with Gasteiger partial charge in [-0.3, -0.25) is 10.2 Å². The number of rotatable bonds is 4. The van der Waals surface area contributed by atoms with Gasteiger partial charge in [0.1, 0.15) is 17.7 Å². The molecule has 0 fully saturated rings. The Kier molecular flexibility index (Phi) is 3.85. The predicted octanol–water partition coefficient (Wildman–Crippen LogP) is 2.12. The molecule has 3 N–H and O–H groups in total. The van der Waals surface area contributed by atoms with Crippen molar-refractivity contribution >= 4 is 28.6 Å². The summed E-state index contributed by atoms with van der Waals surface area (Å²) < 4.78 is 5.76. The normalized spacial score (nSPS) is 10.7. The lowest BCUT2D eigenvalue weighted by atomic mass is 10.1. The van der Waals surface area contributed by atoms with Crippen LogP contribution in [-0.4, -0.2) is 15.9 Å². The molecule has 2 heterocycles. The van der Waals surface area contributed by atoms with Crippen molar-refractivity contribution in [3.05, 3.63) is 54.2 Å². The number of amides is 1. The molecule has 7 heteroatoms. The summed E-state index contributed by atoms with van der Waals surface area (Å²) in [5.74, 6) is 5.95. The molecule has 1 amide bonds. The number of carbonyl (C=O) groups excluding carboxylic acids is 1. The number of furan rings is 1. The second-order valence-electron chi connectivity index (χ2n) is 4.21. The second-order valence-corrected chi connectivity index (χ2v) is 5.20. The minimum Gasteiger partial charge on any atom is -0.459 e. The maximum absolute atomic E-state index is 12.0. The molecule has 2 aromatic heterocycles. The average molecular weight is 300 g/mol. The minimum absolute atomic E-state index is 0.363. The number of hydrogen-bond acceptors (Lipinski definition) is 6. The van der Waals surface area contributed by atoms with E-state index in [9.17, 15) is 4.79 Å². The van der Waals surface area contributed by atoms with Gasteiger partial charge in [-0.25, -0.2) is 15.8 Å². The number of nitrogens with two attached hydrogens (primary N) is 1.